The van der Waals surface area contributed by atoms with Crippen molar-refractivity contribution in [3.05, 3.63) is 42.2 Å². The number of amides is 1. The molecule has 0 bridgehead atoms. The summed E-state index contributed by atoms with van der Waals surface area (Å²) >= 11 is 0. The summed E-state index contributed by atoms with van der Waals surface area (Å²) in [5, 5.41) is 0. The second-order valence-electron chi connectivity index (χ2n) is 4.89. The topological polar surface area (TPSA) is 92.3 Å². The van der Waals surface area contributed by atoms with Crippen LogP contribution in [-0.4, -0.2) is 30.8 Å². The van der Waals surface area contributed by atoms with E-state index in [0.717, 1.165) is 11.3 Å². The van der Waals surface area contributed by atoms with Crippen molar-refractivity contribution in [3.63, 3.8) is 0 Å². The quantitative estimate of drug-likeness (QED) is 0.917. The van der Waals surface area contributed by atoms with Crippen molar-refractivity contribution in [2.75, 3.05) is 16.2 Å². The molecule has 1 N–H and O–H groups in total. The van der Waals surface area contributed by atoms with E-state index in [2.05, 4.69) is 14.7 Å². The molecule has 1 amide bonds. The van der Waals surface area contributed by atoms with Crippen LogP contribution in [0.15, 0.2) is 41.6 Å². The molecule has 2 heterocycles. The van der Waals surface area contributed by atoms with Gasteiger partial charge in [0.2, 0.25) is 11.9 Å². The van der Waals surface area contributed by atoms with Crippen LogP contribution in [0, 0.1) is 0 Å². The molecule has 0 spiro atoms. The Labute approximate surface area is 128 Å². The van der Waals surface area contributed by atoms with E-state index in [4.69, 9.17) is 0 Å². The standard InChI is InChI=1S/C14H14N4O3S/c1-10(19)18-8-5-11-9-12(3-4-13(11)18)22(20,21)17-14-15-6-2-7-16-14/h2-4,6-7,9H,5,8H2,1H3,(H,15,16,17). The van der Waals surface area contributed by atoms with Gasteiger partial charge in [-0.05, 0) is 36.2 Å². The molecule has 0 aliphatic carbocycles. The first-order valence-electron chi connectivity index (χ1n) is 6.68. The fraction of sp³-hybridized carbons (Fsp3) is 0.214. The maximum absolute atomic E-state index is 12.3. The van der Waals surface area contributed by atoms with Gasteiger partial charge in [-0.25, -0.2) is 23.1 Å². The summed E-state index contributed by atoms with van der Waals surface area (Å²) in [4.78, 5) is 21.0. The molecule has 0 atom stereocenters. The van der Waals surface area contributed by atoms with Gasteiger partial charge in [-0.15, -0.1) is 0 Å². The summed E-state index contributed by atoms with van der Waals surface area (Å²) in [5.41, 5.74) is 1.61. The number of anilines is 2. The molecule has 2 aromatic rings. The Morgan fingerprint density at radius 3 is 2.68 bits per heavy atom. The number of aromatic nitrogens is 2. The Morgan fingerprint density at radius 2 is 2.00 bits per heavy atom. The van der Waals surface area contributed by atoms with E-state index >= 15 is 0 Å². The predicted molar refractivity (Wildman–Crippen MR) is 81.0 cm³/mol. The van der Waals surface area contributed by atoms with E-state index < -0.39 is 10.0 Å². The molecule has 1 aromatic carbocycles. The number of sulfonamides is 1. The van der Waals surface area contributed by atoms with Gasteiger partial charge < -0.3 is 4.90 Å². The molecule has 0 unspecified atom stereocenters. The van der Waals surface area contributed by atoms with Crippen LogP contribution < -0.4 is 9.62 Å². The van der Waals surface area contributed by atoms with Crippen LogP contribution in [-0.2, 0) is 21.2 Å². The number of nitrogens with one attached hydrogen (secondary N) is 1. The Morgan fingerprint density at radius 1 is 1.27 bits per heavy atom. The molecule has 8 heteroatoms. The number of rotatable bonds is 3. The Bertz CT molecular complexity index is 821. The van der Waals surface area contributed by atoms with Gasteiger partial charge in [0, 0.05) is 31.5 Å². The second-order valence-corrected chi connectivity index (χ2v) is 6.57. The van der Waals surface area contributed by atoms with Crippen LogP contribution in [0.25, 0.3) is 0 Å². The van der Waals surface area contributed by atoms with Crippen molar-refractivity contribution in [1.29, 1.82) is 0 Å². The van der Waals surface area contributed by atoms with Crippen molar-refractivity contribution in [1.82, 2.24) is 9.97 Å². The first-order chi connectivity index (χ1) is 10.5. The molecule has 0 saturated heterocycles. The Hall–Kier alpha value is -2.48. The minimum Gasteiger partial charge on any atom is -0.312 e. The summed E-state index contributed by atoms with van der Waals surface area (Å²) in [6.07, 6.45) is 3.55. The molecule has 0 saturated carbocycles. The van der Waals surface area contributed by atoms with Crippen LogP contribution in [0.2, 0.25) is 0 Å². The van der Waals surface area contributed by atoms with E-state index in [0.29, 0.717) is 13.0 Å². The highest BCUT2D eigenvalue weighted by molar-refractivity contribution is 7.92. The SMILES string of the molecule is CC(=O)N1CCc2cc(S(=O)(=O)Nc3ncccn3)ccc21. The largest absolute Gasteiger partial charge is 0.312 e. The molecule has 114 valence electrons. The second kappa shape index (κ2) is 5.38. The fourth-order valence-electron chi connectivity index (χ4n) is 2.40. The van der Waals surface area contributed by atoms with Crippen LogP contribution in [0.4, 0.5) is 11.6 Å². The number of carbonyl (C=O) groups is 1. The minimum atomic E-state index is -3.75. The Balaban J connectivity index is 1.91. The summed E-state index contributed by atoms with van der Waals surface area (Å²) < 4.78 is 27.0. The van der Waals surface area contributed by atoms with E-state index in [1.54, 1.807) is 23.1 Å². The highest BCUT2D eigenvalue weighted by Gasteiger charge is 2.25. The number of fused-ring (bicyclic) bond motifs is 1. The number of benzene rings is 1. The highest BCUT2D eigenvalue weighted by atomic mass is 32.2. The molecular weight excluding hydrogens is 304 g/mol. The van der Waals surface area contributed by atoms with Gasteiger partial charge in [0.1, 0.15) is 0 Å². The maximum Gasteiger partial charge on any atom is 0.264 e. The van der Waals surface area contributed by atoms with E-state index in [-0.39, 0.29) is 16.8 Å². The number of nitrogens with zero attached hydrogens (tertiary/aromatic N) is 3. The monoisotopic (exact) mass is 318 g/mol. The predicted octanol–water partition coefficient (Wildman–Crippen LogP) is 1.19. The van der Waals surface area contributed by atoms with Gasteiger partial charge in [0.15, 0.2) is 0 Å². The zero-order chi connectivity index (χ0) is 15.7. The zero-order valence-electron chi connectivity index (χ0n) is 11.9. The highest BCUT2D eigenvalue weighted by Crippen LogP contribution is 2.30. The molecule has 0 fully saturated rings. The minimum absolute atomic E-state index is 0.0216. The fourth-order valence-corrected chi connectivity index (χ4v) is 3.41. The lowest BCUT2D eigenvalue weighted by atomic mass is 10.2. The summed E-state index contributed by atoms with van der Waals surface area (Å²) in [5.74, 6) is -0.0291. The molecule has 1 aliphatic heterocycles. The molecule has 1 aromatic heterocycles. The van der Waals surface area contributed by atoms with E-state index in [1.807, 2.05) is 0 Å². The number of hydrogen-bond donors (Lipinski definition) is 1. The molecule has 3 rings (SSSR count). The lowest BCUT2D eigenvalue weighted by Gasteiger charge is -2.15. The third-order valence-corrected chi connectivity index (χ3v) is 4.75. The third-order valence-electron chi connectivity index (χ3n) is 3.43. The van der Waals surface area contributed by atoms with Crippen molar-refractivity contribution in [2.24, 2.45) is 0 Å². The van der Waals surface area contributed by atoms with Crippen molar-refractivity contribution >= 4 is 27.6 Å². The van der Waals surface area contributed by atoms with Crippen LogP contribution in [0.3, 0.4) is 0 Å². The van der Waals surface area contributed by atoms with Gasteiger partial charge in [-0.3, -0.25) is 4.79 Å². The van der Waals surface area contributed by atoms with Crippen LogP contribution in [0.5, 0.6) is 0 Å². The first-order valence-corrected chi connectivity index (χ1v) is 8.16. The lowest BCUT2D eigenvalue weighted by molar-refractivity contribution is -0.116. The Kier molecular flexibility index (Phi) is 3.53. The van der Waals surface area contributed by atoms with Crippen LogP contribution >= 0.6 is 0 Å². The van der Waals surface area contributed by atoms with Gasteiger partial charge in [-0.2, -0.15) is 0 Å². The smallest absolute Gasteiger partial charge is 0.264 e. The summed E-state index contributed by atoms with van der Waals surface area (Å²) in [7, 11) is -3.75. The summed E-state index contributed by atoms with van der Waals surface area (Å²) in [6.45, 7) is 2.07. The average molecular weight is 318 g/mol. The zero-order valence-corrected chi connectivity index (χ0v) is 12.7. The van der Waals surface area contributed by atoms with Gasteiger partial charge >= 0.3 is 0 Å². The molecule has 0 radical (unpaired) electrons. The van der Waals surface area contributed by atoms with Gasteiger partial charge in [-0.1, -0.05) is 0 Å². The normalized spacial score (nSPS) is 13.8. The van der Waals surface area contributed by atoms with E-state index in [1.165, 1.54) is 25.4 Å². The van der Waals surface area contributed by atoms with Gasteiger partial charge in [0.05, 0.1) is 4.90 Å². The molecular formula is C14H14N4O3S. The molecule has 22 heavy (non-hydrogen) atoms. The summed E-state index contributed by atoms with van der Waals surface area (Å²) in [6, 6.07) is 6.32. The average Bonchev–Trinajstić information content (AvgIpc) is 2.91. The van der Waals surface area contributed by atoms with Gasteiger partial charge in [0.25, 0.3) is 10.0 Å². The van der Waals surface area contributed by atoms with Crippen LogP contribution in [0.1, 0.15) is 12.5 Å². The maximum atomic E-state index is 12.3. The number of hydrogen-bond acceptors (Lipinski definition) is 5. The number of carbonyl (C=O) groups excluding carboxylic acids is 1. The van der Waals surface area contributed by atoms with Crippen molar-refractivity contribution in [2.45, 2.75) is 18.2 Å². The third kappa shape index (κ3) is 2.64. The van der Waals surface area contributed by atoms with Crippen molar-refractivity contribution < 1.29 is 13.2 Å². The van der Waals surface area contributed by atoms with E-state index in [9.17, 15) is 13.2 Å². The lowest BCUT2D eigenvalue weighted by Crippen LogP contribution is -2.25. The van der Waals surface area contributed by atoms with Crippen molar-refractivity contribution in [3.8, 4) is 0 Å². The molecule has 7 nitrogen and oxygen atoms in total. The first kappa shape index (κ1) is 14.5. The molecule has 1 aliphatic rings.